The fourth-order valence-electron chi connectivity index (χ4n) is 2.45. The minimum Gasteiger partial charge on any atom is -0.322 e. The highest BCUT2D eigenvalue weighted by molar-refractivity contribution is 14.1. The molecule has 0 fully saturated rings. The van der Waals surface area contributed by atoms with E-state index in [-0.39, 0.29) is 16.8 Å². The van der Waals surface area contributed by atoms with E-state index in [4.69, 9.17) is 0 Å². The van der Waals surface area contributed by atoms with E-state index in [1.54, 1.807) is 10.6 Å². The fraction of sp³-hybridized carbons (Fsp3) is 0.176. The number of fused-ring (bicyclic) bond motifs is 1. The zero-order valence-electron chi connectivity index (χ0n) is 12.7. The smallest absolute Gasteiger partial charge is 0.308 e. The van der Waals surface area contributed by atoms with Crippen molar-refractivity contribution < 1.29 is 4.79 Å². The summed E-state index contributed by atoms with van der Waals surface area (Å²) >= 11 is 3.35. The van der Waals surface area contributed by atoms with Gasteiger partial charge in [-0.05, 0) is 66.8 Å². The minimum atomic E-state index is -0.148. The Bertz CT molecular complexity index is 943. The van der Waals surface area contributed by atoms with Crippen LogP contribution in [0.2, 0.25) is 0 Å². The number of hydrogen-bond acceptors (Lipinski definition) is 3. The number of nitrogens with one attached hydrogen (secondary N) is 1. The summed E-state index contributed by atoms with van der Waals surface area (Å²) in [5.41, 5.74) is 2.24. The van der Waals surface area contributed by atoms with E-state index in [0.29, 0.717) is 11.3 Å². The fourth-order valence-corrected chi connectivity index (χ4v) is 4.13. The van der Waals surface area contributed by atoms with Gasteiger partial charge in [0.05, 0.1) is 15.8 Å². The van der Waals surface area contributed by atoms with Crippen molar-refractivity contribution in [3.63, 3.8) is 0 Å². The molecule has 0 saturated heterocycles. The molecule has 0 unspecified atom stereocenters. The molecule has 0 saturated carbocycles. The van der Waals surface area contributed by atoms with Gasteiger partial charge in [0.1, 0.15) is 0 Å². The molecular weight excluding hydrogens is 423 g/mol. The first-order valence-electron chi connectivity index (χ1n) is 7.18. The number of aromatic nitrogens is 1. The van der Waals surface area contributed by atoms with Gasteiger partial charge in [-0.3, -0.25) is 14.2 Å². The van der Waals surface area contributed by atoms with Crippen LogP contribution in [-0.2, 0) is 0 Å². The van der Waals surface area contributed by atoms with Crippen LogP contribution in [0.4, 0.5) is 5.69 Å². The van der Waals surface area contributed by atoms with Crippen molar-refractivity contribution in [1.82, 2.24) is 4.57 Å². The number of benzene rings is 2. The highest BCUT2D eigenvalue weighted by Crippen LogP contribution is 2.24. The largest absolute Gasteiger partial charge is 0.322 e. The van der Waals surface area contributed by atoms with Crippen LogP contribution in [0.25, 0.3) is 10.2 Å². The molecule has 0 bridgehead atoms. The first kappa shape index (κ1) is 16.2. The quantitative estimate of drug-likeness (QED) is 0.613. The first-order valence-corrected chi connectivity index (χ1v) is 9.08. The summed E-state index contributed by atoms with van der Waals surface area (Å²) in [7, 11) is 0. The van der Waals surface area contributed by atoms with Gasteiger partial charge in [-0.15, -0.1) is 0 Å². The lowest BCUT2D eigenvalue weighted by Gasteiger charge is -2.09. The highest BCUT2D eigenvalue weighted by Gasteiger charge is 2.13. The van der Waals surface area contributed by atoms with Crippen LogP contribution in [0.5, 0.6) is 0 Å². The zero-order chi connectivity index (χ0) is 16.6. The summed E-state index contributed by atoms with van der Waals surface area (Å²) < 4.78 is 3.55. The van der Waals surface area contributed by atoms with Crippen molar-refractivity contribution in [3.8, 4) is 0 Å². The Hall–Kier alpha value is -1.67. The zero-order valence-corrected chi connectivity index (χ0v) is 15.6. The van der Waals surface area contributed by atoms with Crippen LogP contribution in [0.1, 0.15) is 30.2 Å². The van der Waals surface area contributed by atoms with Crippen LogP contribution in [0.3, 0.4) is 0 Å². The van der Waals surface area contributed by atoms with E-state index in [1.165, 1.54) is 11.3 Å². The number of carbonyl (C=O) groups is 1. The monoisotopic (exact) mass is 438 g/mol. The number of rotatable bonds is 3. The molecule has 1 aromatic heterocycles. The topological polar surface area (TPSA) is 51.1 Å². The maximum Gasteiger partial charge on any atom is 0.308 e. The molecule has 3 rings (SSSR count). The van der Waals surface area contributed by atoms with Crippen LogP contribution in [-0.4, -0.2) is 10.5 Å². The van der Waals surface area contributed by atoms with Crippen LogP contribution < -0.4 is 10.2 Å². The van der Waals surface area contributed by atoms with Gasteiger partial charge in [-0.1, -0.05) is 23.5 Å². The summed E-state index contributed by atoms with van der Waals surface area (Å²) in [6, 6.07) is 13.1. The lowest BCUT2D eigenvalue weighted by molar-refractivity contribution is 0.102. The van der Waals surface area contributed by atoms with Gasteiger partial charge in [-0.25, -0.2) is 0 Å². The molecular formula is C17H15IN2O2S. The number of halogens is 1. The lowest BCUT2D eigenvalue weighted by Crippen LogP contribution is -2.15. The third kappa shape index (κ3) is 3.18. The average molecular weight is 438 g/mol. The molecule has 0 spiro atoms. The molecule has 0 aliphatic rings. The van der Waals surface area contributed by atoms with Gasteiger partial charge in [0.15, 0.2) is 0 Å². The molecule has 1 heterocycles. The van der Waals surface area contributed by atoms with Gasteiger partial charge in [0.2, 0.25) is 0 Å². The second-order valence-electron chi connectivity index (χ2n) is 5.45. The third-order valence-corrected chi connectivity index (χ3v) is 5.36. The van der Waals surface area contributed by atoms with E-state index in [0.717, 1.165) is 13.8 Å². The summed E-state index contributed by atoms with van der Waals surface area (Å²) in [5, 5.41) is 2.90. The molecule has 4 nitrogen and oxygen atoms in total. The Morgan fingerprint density at radius 3 is 2.65 bits per heavy atom. The number of anilines is 1. The summed E-state index contributed by atoms with van der Waals surface area (Å²) in [4.78, 5) is 24.5. The standard InChI is InChI=1S/C17H15IN2O2S/c1-10(2)20-14-8-7-11(9-15(14)23-17(20)22)19-16(21)12-5-3-4-6-13(12)18/h3-10H,1-2H3,(H,19,21). The van der Waals surface area contributed by atoms with Gasteiger partial charge >= 0.3 is 4.87 Å². The number of amides is 1. The first-order chi connectivity index (χ1) is 11.0. The summed E-state index contributed by atoms with van der Waals surface area (Å²) in [6.45, 7) is 3.97. The van der Waals surface area contributed by atoms with E-state index in [1.807, 2.05) is 50.2 Å². The molecule has 0 atom stereocenters. The van der Waals surface area contributed by atoms with Gasteiger partial charge in [0.25, 0.3) is 5.91 Å². The molecule has 0 radical (unpaired) electrons. The van der Waals surface area contributed by atoms with Gasteiger partial charge < -0.3 is 5.32 Å². The number of thiazole rings is 1. The van der Waals surface area contributed by atoms with Crippen LogP contribution in [0.15, 0.2) is 47.3 Å². The normalized spacial score (nSPS) is 11.1. The van der Waals surface area contributed by atoms with Crippen LogP contribution in [0, 0.1) is 3.57 Å². The molecule has 1 N–H and O–H groups in total. The van der Waals surface area contributed by atoms with Gasteiger partial charge in [0, 0.05) is 15.3 Å². The van der Waals surface area contributed by atoms with Crippen molar-refractivity contribution in [2.24, 2.45) is 0 Å². The molecule has 23 heavy (non-hydrogen) atoms. The Morgan fingerprint density at radius 1 is 1.22 bits per heavy atom. The SMILES string of the molecule is CC(C)n1c(=O)sc2cc(NC(=O)c3ccccc3I)ccc21. The Morgan fingerprint density at radius 2 is 1.96 bits per heavy atom. The van der Waals surface area contributed by atoms with Gasteiger partial charge in [-0.2, -0.15) is 0 Å². The predicted molar refractivity (Wildman–Crippen MR) is 104 cm³/mol. The Kier molecular flexibility index (Phi) is 4.54. The van der Waals surface area contributed by atoms with Crippen molar-refractivity contribution >= 4 is 55.7 Å². The number of hydrogen-bond donors (Lipinski definition) is 1. The van der Waals surface area contributed by atoms with Crippen LogP contribution >= 0.6 is 33.9 Å². The van der Waals surface area contributed by atoms with Crippen molar-refractivity contribution in [1.29, 1.82) is 0 Å². The Labute approximate surface area is 151 Å². The van der Waals surface area contributed by atoms with E-state index in [2.05, 4.69) is 27.9 Å². The maximum atomic E-state index is 12.4. The second kappa shape index (κ2) is 6.45. The predicted octanol–water partition coefficient (Wildman–Crippen LogP) is 4.50. The second-order valence-corrected chi connectivity index (χ2v) is 7.60. The number of carbonyl (C=O) groups excluding carboxylic acids is 1. The van der Waals surface area contributed by atoms with Crippen molar-refractivity contribution in [3.05, 3.63) is 61.3 Å². The average Bonchev–Trinajstić information content (AvgIpc) is 2.82. The molecule has 2 aromatic carbocycles. The van der Waals surface area contributed by atoms with E-state index >= 15 is 0 Å². The van der Waals surface area contributed by atoms with Crippen molar-refractivity contribution in [2.45, 2.75) is 19.9 Å². The summed E-state index contributed by atoms with van der Waals surface area (Å²) in [6.07, 6.45) is 0. The maximum absolute atomic E-state index is 12.4. The minimum absolute atomic E-state index is 0.0242. The van der Waals surface area contributed by atoms with E-state index < -0.39 is 0 Å². The molecule has 6 heteroatoms. The molecule has 1 amide bonds. The summed E-state index contributed by atoms with van der Waals surface area (Å²) in [5.74, 6) is -0.148. The number of nitrogens with zero attached hydrogens (tertiary/aromatic N) is 1. The highest BCUT2D eigenvalue weighted by atomic mass is 127. The molecule has 118 valence electrons. The third-order valence-electron chi connectivity index (χ3n) is 3.51. The molecule has 0 aliphatic heterocycles. The van der Waals surface area contributed by atoms with Crippen molar-refractivity contribution in [2.75, 3.05) is 5.32 Å². The van der Waals surface area contributed by atoms with E-state index in [9.17, 15) is 9.59 Å². The Balaban J connectivity index is 1.94. The lowest BCUT2D eigenvalue weighted by atomic mass is 10.2. The molecule has 0 aliphatic carbocycles. The molecule has 3 aromatic rings.